The van der Waals surface area contributed by atoms with E-state index < -0.39 is 0 Å². The standard InChI is InChI=1S/C7H10Br2N2/c1-4(2)7-6(9)5(3-8)10-11-7/h4H,3H2,1-2H3,(H,10,11). The summed E-state index contributed by atoms with van der Waals surface area (Å²) in [6, 6.07) is 0. The van der Waals surface area contributed by atoms with Gasteiger partial charge in [0.05, 0.1) is 15.9 Å². The lowest BCUT2D eigenvalue weighted by Crippen LogP contribution is -1.87. The van der Waals surface area contributed by atoms with E-state index in [1.807, 2.05) is 0 Å². The van der Waals surface area contributed by atoms with Crippen molar-refractivity contribution in [1.82, 2.24) is 10.2 Å². The maximum atomic E-state index is 4.18. The van der Waals surface area contributed by atoms with E-state index in [2.05, 4.69) is 55.9 Å². The van der Waals surface area contributed by atoms with Gasteiger partial charge in [0.15, 0.2) is 0 Å². The van der Waals surface area contributed by atoms with Crippen molar-refractivity contribution in [3.63, 3.8) is 0 Å². The average molecular weight is 282 g/mol. The largest absolute Gasteiger partial charge is 0.280 e. The summed E-state index contributed by atoms with van der Waals surface area (Å²) in [5.41, 5.74) is 2.20. The number of nitrogens with zero attached hydrogens (tertiary/aromatic N) is 1. The van der Waals surface area contributed by atoms with Crippen molar-refractivity contribution in [3.8, 4) is 0 Å². The van der Waals surface area contributed by atoms with Crippen LogP contribution >= 0.6 is 31.9 Å². The van der Waals surface area contributed by atoms with Crippen molar-refractivity contribution in [2.75, 3.05) is 0 Å². The third-order valence-corrected chi connectivity index (χ3v) is 2.93. The topological polar surface area (TPSA) is 28.7 Å². The number of aromatic amines is 1. The first-order chi connectivity index (χ1) is 5.16. The first-order valence-corrected chi connectivity index (χ1v) is 5.36. The summed E-state index contributed by atoms with van der Waals surface area (Å²) in [6.07, 6.45) is 0. The minimum atomic E-state index is 0.466. The fourth-order valence-electron chi connectivity index (χ4n) is 0.852. The Morgan fingerprint density at radius 2 is 2.18 bits per heavy atom. The first-order valence-electron chi connectivity index (χ1n) is 3.45. The molecule has 0 radical (unpaired) electrons. The molecule has 0 saturated heterocycles. The Bertz CT molecular complexity index is 243. The second kappa shape index (κ2) is 3.72. The minimum Gasteiger partial charge on any atom is -0.280 e. The predicted octanol–water partition coefficient (Wildman–Crippen LogP) is 3.19. The van der Waals surface area contributed by atoms with Gasteiger partial charge in [0, 0.05) is 5.33 Å². The third-order valence-electron chi connectivity index (χ3n) is 1.48. The number of aromatic nitrogens is 2. The van der Waals surface area contributed by atoms with Gasteiger partial charge in [0.25, 0.3) is 0 Å². The van der Waals surface area contributed by atoms with E-state index in [0.717, 1.165) is 21.2 Å². The van der Waals surface area contributed by atoms with Crippen LogP contribution in [0, 0.1) is 0 Å². The van der Waals surface area contributed by atoms with Crippen molar-refractivity contribution >= 4 is 31.9 Å². The van der Waals surface area contributed by atoms with E-state index >= 15 is 0 Å². The van der Waals surface area contributed by atoms with Crippen molar-refractivity contribution in [1.29, 1.82) is 0 Å². The summed E-state index contributed by atoms with van der Waals surface area (Å²) in [5.74, 6) is 0.466. The lowest BCUT2D eigenvalue weighted by Gasteiger charge is -1.98. The average Bonchev–Trinajstić information content (AvgIpc) is 2.30. The highest BCUT2D eigenvalue weighted by atomic mass is 79.9. The molecule has 1 N–H and O–H groups in total. The Hall–Kier alpha value is 0.170. The molecule has 1 aromatic rings. The summed E-state index contributed by atoms with van der Waals surface area (Å²) in [7, 11) is 0. The van der Waals surface area contributed by atoms with Crippen LogP contribution in [0.15, 0.2) is 4.47 Å². The Morgan fingerprint density at radius 1 is 1.55 bits per heavy atom. The molecule has 0 aliphatic heterocycles. The van der Waals surface area contributed by atoms with Crippen LogP contribution in [0.2, 0.25) is 0 Å². The maximum absolute atomic E-state index is 4.18. The van der Waals surface area contributed by atoms with Crippen LogP contribution in [0.1, 0.15) is 31.2 Å². The zero-order valence-corrected chi connectivity index (χ0v) is 9.66. The number of alkyl halides is 1. The number of rotatable bonds is 2. The van der Waals surface area contributed by atoms with Crippen LogP contribution < -0.4 is 0 Å². The van der Waals surface area contributed by atoms with E-state index in [9.17, 15) is 0 Å². The van der Waals surface area contributed by atoms with Crippen LogP contribution in [-0.2, 0) is 5.33 Å². The molecule has 4 heteroatoms. The lowest BCUT2D eigenvalue weighted by atomic mass is 10.1. The highest BCUT2D eigenvalue weighted by Gasteiger charge is 2.11. The lowest BCUT2D eigenvalue weighted by molar-refractivity contribution is 0.806. The molecule has 1 heterocycles. The Balaban J connectivity index is 3.00. The molecule has 0 bridgehead atoms. The summed E-state index contributed by atoms with van der Waals surface area (Å²) in [5, 5.41) is 7.96. The molecule has 1 rings (SSSR count). The molecule has 0 aromatic carbocycles. The van der Waals surface area contributed by atoms with Crippen molar-refractivity contribution in [2.45, 2.75) is 25.1 Å². The molecule has 0 saturated carbocycles. The van der Waals surface area contributed by atoms with Gasteiger partial charge in [-0.1, -0.05) is 29.8 Å². The quantitative estimate of drug-likeness (QED) is 0.829. The molecule has 0 amide bonds. The molecule has 0 spiro atoms. The Labute approximate surface area is 83.0 Å². The summed E-state index contributed by atoms with van der Waals surface area (Å²) in [6.45, 7) is 4.25. The predicted molar refractivity (Wildman–Crippen MR) is 53.0 cm³/mol. The van der Waals surface area contributed by atoms with Gasteiger partial charge in [0.1, 0.15) is 0 Å². The number of nitrogens with one attached hydrogen (secondary N) is 1. The van der Waals surface area contributed by atoms with Gasteiger partial charge in [-0.15, -0.1) is 0 Å². The number of H-pyrrole nitrogens is 1. The molecule has 2 nitrogen and oxygen atoms in total. The molecule has 0 aliphatic rings. The van der Waals surface area contributed by atoms with Crippen molar-refractivity contribution < 1.29 is 0 Å². The van der Waals surface area contributed by atoms with Crippen LogP contribution in [0.3, 0.4) is 0 Å². The molecule has 1 aromatic heterocycles. The van der Waals surface area contributed by atoms with E-state index in [1.165, 1.54) is 0 Å². The van der Waals surface area contributed by atoms with E-state index in [-0.39, 0.29) is 0 Å². The van der Waals surface area contributed by atoms with Crippen molar-refractivity contribution in [3.05, 3.63) is 15.9 Å². The Morgan fingerprint density at radius 3 is 2.45 bits per heavy atom. The first kappa shape index (κ1) is 9.26. The summed E-state index contributed by atoms with van der Waals surface area (Å²) < 4.78 is 1.10. The normalized spacial score (nSPS) is 11.0. The minimum absolute atomic E-state index is 0.466. The van der Waals surface area contributed by atoms with Gasteiger partial charge < -0.3 is 0 Å². The highest BCUT2D eigenvalue weighted by molar-refractivity contribution is 9.10. The number of halogens is 2. The second-order valence-corrected chi connectivity index (χ2v) is 4.04. The Kier molecular flexibility index (Phi) is 3.13. The van der Waals surface area contributed by atoms with Gasteiger partial charge >= 0.3 is 0 Å². The van der Waals surface area contributed by atoms with Gasteiger partial charge in [-0.25, -0.2) is 0 Å². The van der Waals surface area contributed by atoms with Crippen molar-refractivity contribution in [2.24, 2.45) is 0 Å². The third kappa shape index (κ3) is 1.85. The molecular formula is C7H10Br2N2. The molecule has 62 valence electrons. The molecular weight excluding hydrogens is 272 g/mol. The van der Waals surface area contributed by atoms with Gasteiger partial charge in [-0.05, 0) is 21.8 Å². The van der Waals surface area contributed by atoms with Crippen LogP contribution in [0.25, 0.3) is 0 Å². The van der Waals surface area contributed by atoms with Gasteiger partial charge in [-0.3, -0.25) is 5.10 Å². The molecule has 0 atom stereocenters. The van der Waals surface area contributed by atoms with E-state index in [1.54, 1.807) is 0 Å². The smallest absolute Gasteiger partial charge is 0.0792 e. The zero-order chi connectivity index (χ0) is 8.43. The number of hydrogen-bond donors (Lipinski definition) is 1. The van der Waals surface area contributed by atoms with Crippen LogP contribution in [0.4, 0.5) is 0 Å². The zero-order valence-electron chi connectivity index (χ0n) is 6.49. The summed E-state index contributed by atoms with van der Waals surface area (Å²) in [4.78, 5) is 0. The highest BCUT2D eigenvalue weighted by Crippen LogP contribution is 2.26. The second-order valence-electron chi connectivity index (χ2n) is 2.69. The van der Waals surface area contributed by atoms with Gasteiger partial charge in [-0.2, -0.15) is 5.10 Å². The van der Waals surface area contributed by atoms with Crippen LogP contribution in [-0.4, -0.2) is 10.2 Å². The molecule has 0 unspecified atom stereocenters. The number of hydrogen-bond acceptors (Lipinski definition) is 1. The fraction of sp³-hybridized carbons (Fsp3) is 0.571. The van der Waals surface area contributed by atoms with E-state index in [0.29, 0.717) is 5.92 Å². The summed E-state index contributed by atoms with van der Waals surface area (Å²) >= 11 is 6.86. The van der Waals surface area contributed by atoms with Gasteiger partial charge in [0.2, 0.25) is 0 Å². The van der Waals surface area contributed by atoms with E-state index in [4.69, 9.17) is 0 Å². The fourth-order valence-corrected chi connectivity index (χ4v) is 2.41. The monoisotopic (exact) mass is 280 g/mol. The van der Waals surface area contributed by atoms with Crippen LogP contribution in [0.5, 0.6) is 0 Å². The molecule has 0 fully saturated rings. The SMILES string of the molecule is CC(C)c1n[nH]c(CBr)c1Br. The maximum Gasteiger partial charge on any atom is 0.0792 e. The molecule has 0 aliphatic carbocycles. The molecule has 11 heavy (non-hydrogen) atoms.